The summed E-state index contributed by atoms with van der Waals surface area (Å²) in [7, 11) is 0. The van der Waals surface area contributed by atoms with Gasteiger partial charge in [0.05, 0.1) is 36.0 Å². The fourth-order valence-corrected chi connectivity index (χ4v) is 3.42. The predicted molar refractivity (Wildman–Crippen MR) is 125 cm³/mol. The monoisotopic (exact) mass is 495 g/mol. The number of benzene rings is 1. The third kappa shape index (κ3) is 8.06. The minimum absolute atomic E-state index is 0.0732. The smallest absolute Gasteiger partial charge is 0.348 e. The van der Waals surface area contributed by atoms with Gasteiger partial charge in [0.1, 0.15) is 5.69 Å². The van der Waals surface area contributed by atoms with Crippen molar-refractivity contribution in [1.29, 1.82) is 0 Å². The number of aryl methyl sites for hydroxylation is 1. The Morgan fingerprint density at radius 1 is 1.24 bits per heavy atom. The second-order valence-corrected chi connectivity index (χ2v) is 7.93. The van der Waals surface area contributed by atoms with Crippen molar-refractivity contribution in [3.8, 4) is 0 Å². The molecule has 13 nitrogen and oxygen atoms in total. The van der Waals surface area contributed by atoms with E-state index in [9.17, 15) is 24.5 Å². The van der Waals surface area contributed by atoms with Crippen LogP contribution in [0.3, 0.4) is 0 Å². The molecule has 14 heteroatoms. The van der Waals surface area contributed by atoms with Gasteiger partial charge < -0.3 is 25.2 Å². The summed E-state index contributed by atoms with van der Waals surface area (Å²) in [6, 6.07) is 4.71. The fraction of sp³-hybridized carbons (Fsp3) is 0.400. The van der Waals surface area contributed by atoms with Gasteiger partial charge in [-0.2, -0.15) is 0 Å². The van der Waals surface area contributed by atoms with Gasteiger partial charge in [0.2, 0.25) is 5.91 Å². The van der Waals surface area contributed by atoms with Crippen molar-refractivity contribution in [1.82, 2.24) is 4.98 Å². The number of carbonyl (C=O) groups excluding carboxylic acids is 2. The van der Waals surface area contributed by atoms with Crippen molar-refractivity contribution in [3.63, 3.8) is 0 Å². The summed E-state index contributed by atoms with van der Waals surface area (Å²) in [6.45, 7) is 5.29. The minimum Gasteiger partial charge on any atom is -0.479 e. The van der Waals surface area contributed by atoms with Crippen molar-refractivity contribution < 1.29 is 33.9 Å². The number of aliphatic carboxylic acids is 1. The average Bonchev–Trinajstić information content (AvgIpc) is 3.12. The van der Waals surface area contributed by atoms with E-state index in [1.165, 1.54) is 26.8 Å². The summed E-state index contributed by atoms with van der Waals surface area (Å²) < 4.78 is 10.4. The number of thiazole rings is 1. The highest BCUT2D eigenvalue weighted by Gasteiger charge is 2.21. The Balaban J connectivity index is 1.95. The number of nitro groups is 1. The quantitative estimate of drug-likeness (QED) is 0.183. The molecule has 0 radical (unpaired) electrons. The van der Waals surface area contributed by atoms with Gasteiger partial charge in [0.15, 0.2) is 11.2 Å². The van der Waals surface area contributed by atoms with Crippen LogP contribution in [0.25, 0.3) is 0 Å². The third-order valence-electron chi connectivity index (χ3n) is 4.25. The highest BCUT2D eigenvalue weighted by molar-refractivity contribution is 7.19. The molecule has 2 aromatic rings. The summed E-state index contributed by atoms with van der Waals surface area (Å²) >= 11 is 0.742. The van der Waals surface area contributed by atoms with Crippen LogP contribution in [0.2, 0.25) is 0 Å². The third-order valence-corrected chi connectivity index (χ3v) is 5.28. The highest BCUT2D eigenvalue weighted by atomic mass is 32.1. The molecule has 0 bridgehead atoms. The minimum atomic E-state index is -1.04. The molecule has 0 saturated heterocycles. The summed E-state index contributed by atoms with van der Waals surface area (Å²) in [5, 5.41) is 27.8. The van der Waals surface area contributed by atoms with Crippen LogP contribution >= 0.6 is 11.3 Å². The molecule has 2 amide bonds. The number of aromatic nitrogens is 1. The number of hydrogen-bond acceptors (Lipinski definition) is 10. The van der Waals surface area contributed by atoms with Crippen LogP contribution in [0.1, 0.15) is 29.9 Å². The number of carboxylic acid groups (broad SMARTS) is 1. The summed E-state index contributed by atoms with van der Waals surface area (Å²) in [6.07, 6.45) is -0.903. The molecule has 0 aliphatic rings. The van der Waals surface area contributed by atoms with Crippen molar-refractivity contribution in [2.75, 3.05) is 42.3 Å². The van der Waals surface area contributed by atoms with E-state index in [1.807, 2.05) is 0 Å². The molecule has 0 saturated carbocycles. The Morgan fingerprint density at radius 3 is 2.59 bits per heavy atom. The molecule has 1 unspecified atom stereocenters. The molecule has 0 aliphatic carbocycles. The molecule has 1 heterocycles. The molecule has 2 rings (SSSR count). The Bertz CT molecular complexity index is 1060. The van der Waals surface area contributed by atoms with E-state index in [1.54, 1.807) is 12.1 Å². The molecule has 184 valence electrons. The molecule has 1 aromatic carbocycles. The van der Waals surface area contributed by atoms with Gasteiger partial charge in [-0.15, -0.1) is 0 Å². The molecule has 1 atom stereocenters. The number of nitrogens with one attached hydrogen (secondary N) is 3. The zero-order valence-electron chi connectivity index (χ0n) is 18.7. The van der Waals surface area contributed by atoms with Gasteiger partial charge >= 0.3 is 11.0 Å². The van der Waals surface area contributed by atoms with Crippen LogP contribution in [-0.2, 0) is 19.1 Å². The molecule has 0 aliphatic heterocycles. The van der Waals surface area contributed by atoms with E-state index >= 15 is 0 Å². The van der Waals surface area contributed by atoms with E-state index in [0.29, 0.717) is 18.8 Å². The summed E-state index contributed by atoms with van der Waals surface area (Å²) in [5.74, 6) is -2.01. The largest absolute Gasteiger partial charge is 0.479 e. The Hall–Kier alpha value is -3.62. The first-order valence-electron chi connectivity index (χ1n) is 10.1. The molecule has 1 aromatic heterocycles. The lowest BCUT2D eigenvalue weighted by Crippen LogP contribution is -2.22. The molecular weight excluding hydrogens is 470 g/mol. The van der Waals surface area contributed by atoms with Gasteiger partial charge in [-0.25, -0.2) is 9.78 Å². The van der Waals surface area contributed by atoms with Crippen molar-refractivity contribution in [3.05, 3.63) is 39.6 Å². The Labute approximate surface area is 198 Å². The highest BCUT2D eigenvalue weighted by Crippen LogP contribution is 2.30. The maximum absolute atomic E-state index is 12.7. The van der Waals surface area contributed by atoms with Crippen molar-refractivity contribution in [2.45, 2.75) is 26.9 Å². The first-order chi connectivity index (χ1) is 16.1. The average molecular weight is 496 g/mol. The number of carbonyl (C=O) groups is 3. The molecule has 4 N–H and O–H groups in total. The first-order valence-corrected chi connectivity index (χ1v) is 10.9. The Morgan fingerprint density at radius 2 is 1.97 bits per heavy atom. The lowest BCUT2D eigenvalue weighted by Gasteiger charge is -2.13. The molecule has 0 spiro atoms. The maximum atomic E-state index is 12.7. The van der Waals surface area contributed by atoms with Crippen molar-refractivity contribution >= 4 is 50.6 Å². The van der Waals surface area contributed by atoms with Gasteiger partial charge in [-0.05, 0) is 43.4 Å². The van der Waals surface area contributed by atoms with Gasteiger partial charge in [0.25, 0.3) is 5.91 Å². The Kier molecular flexibility index (Phi) is 9.85. The van der Waals surface area contributed by atoms with Crippen molar-refractivity contribution in [2.24, 2.45) is 0 Å². The zero-order valence-corrected chi connectivity index (χ0v) is 19.6. The van der Waals surface area contributed by atoms with E-state index in [0.717, 1.165) is 11.3 Å². The van der Waals surface area contributed by atoms with E-state index in [4.69, 9.17) is 14.6 Å². The van der Waals surface area contributed by atoms with E-state index in [-0.39, 0.29) is 46.2 Å². The second kappa shape index (κ2) is 12.6. The SMILES string of the molecule is CC(=O)Nc1cc(NCCOCCOC(C)C(=O)O)ccc1C(=O)Nc1nc(C)c([N+](=O)[O-])s1. The number of hydrogen-bond donors (Lipinski definition) is 4. The predicted octanol–water partition coefficient (Wildman–Crippen LogP) is 2.49. The van der Waals surface area contributed by atoms with Crippen LogP contribution in [0, 0.1) is 17.0 Å². The molecule has 0 fully saturated rings. The van der Waals surface area contributed by atoms with Crippen LogP contribution < -0.4 is 16.0 Å². The van der Waals surface area contributed by atoms with Gasteiger partial charge in [0, 0.05) is 19.2 Å². The number of ether oxygens (including phenoxy) is 2. The maximum Gasteiger partial charge on any atom is 0.348 e. The standard InChI is InChI=1S/C20H25N5O8S/c1-11-18(25(30)31)34-20(22-11)24-17(27)15-5-4-14(10-16(15)23-13(3)26)21-6-7-32-8-9-33-12(2)19(28)29/h4-5,10,12,21H,6-9H2,1-3H3,(H,23,26)(H,28,29)(H,22,24,27). The van der Waals surface area contributed by atoms with Gasteiger partial charge in [-0.1, -0.05) is 0 Å². The van der Waals surface area contributed by atoms with E-state index < -0.39 is 22.9 Å². The first kappa shape index (κ1) is 26.6. The number of nitrogens with zero attached hydrogens (tertiary/aromatic N) is 2. The number of rotatable bonds is 13. The number of carboxylic acids is 1. The zero-order chi connectivity index (χ0) is 25.3. The summed E-state index contributed by atoms with van der Waals surface area (Å²) in [5.41, 5.74) is 1.20. The lowest BCUT2D eigenvalue weighted by atomic mass is 10.1. The van der Waals surface area contributed by atoms with Gasteiger partial charge in [-0.3, -0.25) is 25.0 Å². The summed E-state index contributed by atoms with van der Waals surface area (Å²) in [4.78, 5) is 49.4. The second-order valence-electron chi connectivity index (χ2n) is 6.95. The van der Waals surface area contributed by atoms with E-state index in [2.05, 4.69) is 20.9 Å². The molecular formula is C20H25N5O8S. The normalized spacial score (nSPS) is 11.5. The van der Waals surface area contributed by atoms with Crippen LogP contribution in [-0.4, -0.2) is 65.3 Å². The van der Waals surface area contributed by atoms with Crippen LogP contribution in [0.5, 0.6) is 0 Å². The van der Waals surface area contributed by atoms with Crippen LogP contribution in [0.4, 0.5) is 21.5 Å². The molecule has 34 heavy (non-hydrogen) atoms. The topological polar surface area (TPSA) is 182 Å². The van der Waals surface area contributed by atoms with Crippen LogP contribution in [0.15, 0.2) is 18.2 Å². The number of amides is 2. The fourth-order valence-electron chi connectivity index (χ4n) is 2.65. The lowest BCUT2D eigenvalue weighted by molar-refractivity contribution is -0.380. The number of anilines is 3.